The van der Waals surface area contributed by atoms with Crippen molar-refractivity contribution >= 4 is 32.0 Å². The van der Waals surface area contributed by atoms with Crippen LogP contribution in [0, 0.1) is 22.7 Å². The lowest BCUT2D eigenvalue weighted by molar-refractivity contribution is -0.340. The normalized spacial score (nSPS) is 38.3. The lowest BCUT2D eigenvalue weighted by Crippen LogP contribution is -2.81. The molecule has 2 saturated carbocycles. The van der Waals surface area contributed by atoms with Gasteiger partial charge in [-0.3, -0.25) is 14.4 Å². The van der Waals surface area contributed by atoms with Crippen molar-refractivity contribution in [3.63, 3.8) is 0 Å². The van der Waals surface area contributed by atoms with Crippen LogP contribution >= 0.6 is 0 Å². The van der Waals surface area contributed by atoms with Crippen molar-refractivity contribution in [2.45, 2.75) is 117 Å². The van der Waals surface area contributed by atoms with Gasteiger partial charge in [0.2, 0.25) is 0 Å². The van der Waals surface area contributed by atoms with Crippen molar-refractivity contribution in [1.29, 1.82) is 0 Å². The van der Waals surface area contributed by atoms with Crippen LogP contribution in [0.4, 0.5) is 0 Å². The smallest absolute Gasteiger partial charge is 0.338 e. The largest absolute Gasteiger partial charge is 0.455 e. The van der Waals surface area contributed by atoms with Crippen molar-refractivity contribution in [3.8, 4) is 0 Å². The molecule has 11 heteroatoms. The number of ether oxygens (including phenoxy) is 4. The van der Waals surface area contributed by atoms with E-state index in [1.807, 2.05) is 33.5 Å². The van der Waals surface area contributed by atoms with Gasteiger partial charge < -0.3 is 28.5 Å². The number of benzene rings is 1. The van der Waals surface area contributed by atoms with Crippen LogP contribution in [0.15, 0.2) is 41.5 Å². The van der Waals surface area contributed by atoms with E-state index in [2.05, 4.69) is 0 Å². The van der Waals surface area contributed by atoms with Gasteiger partial charge in [0.1, 0.15) is 17.8 Å². The summed E-state index contributed by atoms with van der Waals surface area (Å²) in [6.45, 7) is 17.7. The zero-order valence-electron chi connectivity index (χ0n) is 28.6. The maximum atomic E-state index is 15.3. The molecule has 1 saturated heterocycles. The number of hydrogen-bond acceptors (Lipinski definition) is 10. The van der Waals surface area contributed by atoms with Gasteiger partial charge in [0.15, 0.2) is 25.8 Å². The number of carbonyl (C=O) groups excluding carboxylic acids is 4. The minimum atomic E-state index is -2.27. The summed E-state index contributed by atoms with van der Waals surface area (Å²) in [4.78, 5) is 54.8. The predicted octanol–water partition coefficient (Wildman–Crippen LogP) is 4.79. The van der Waals surface area contributed by atoms with Crippen LogP contribution in [0.2, 0.25) is 19.6 Å². The van der Waals surface area contributed by atoms with E-state index >= 15 is 4.79 Å². The van der Waals surface area contributed by atoms with Gasteiger partial charge in [-0.1, -0.05) is 45.9 Å². The Morgan fingerprint density at radius 2 is 1.63 bits per heavy atom. The molecule has 5 rings (SSSR count). The second kappa shape index (κ2) is 11.4. The second-order valence-corrected chi connectivity index (χ2v) is 19.8. The van der Waals surface area contributed by atoms with Crippen LogP contribution < -0.4 is 0 Å². The van der Waals surface area contributed by atoms with E-state index < -0.39 is 90.3 Å². The van der Waals surface area contributed by atoms with Crippen molar-refractivity contribution in [3.05, 3.63) is 47.0 Å². The van der Waals surface area contributed by atoms with E-state index in [1.54, 1.807) is 51.1 Å². The Hall–Kier alpha value is -2.86. The number of esters is 3. The Kier molecular flexibility index (Phi) is 8.53. The Bertz CT molecular complexity index is 1460. The summed E-state index contributed by atoms with van der Waals surface area (Å²) < 4.78 is 31.3. The highest BCUT2D eigenvalue weighted by molar-refractivity contribution is 6.69. The van der Waals surface area contributed by atoms with Gasteiger partial charge in [0.25, 0.3) is 0 Å². The summed E-state index contributed by atoms with van der Waals surface area (Å²) in [5.74, 6) is -3.81. The number of fused-ring (bicyclic) bond motifs is 5. The highest BCUT2D eigenvalue weighted by atomic mass is 28.4. The van der Waals surface area contributed by atoms with Crippen LogP contribution in [0.1, 0.15) is 71.7 Å². The van der Waals surface area contributed by atoms with Crippen molar-refractivity contribution < 1.29 is 47.7 Å². The van der Waals surface area contributed by atoms with E-state index in [4.69, 9.17) is 23.4 Å². The Morgan fingerprint density at radius 3 is 2.15 bits per heavy atom. The predicted molar refractivity (Wildman–Crippen MR) is 170 cm³/mol. The molecule has 0 aromatic heterocycles. The fraction of sp³-hybridized carbons (Fsp3) is 0.657. The lowest BCUT2D eigenvalue weighted by atomic mass is 9.43. The number of Topliss-reactive ketones (excluding diaryl/α,β-unsaturated/α-hetero) is 1. The molecule has 3 fully saturated rings. The molecule has 9 atom stereocenters. The third-order valence-electron chi connectivity index (χ3n) is 11.1. The van der Waals surface area contributed by atoms with Gasteiger partial charge in [0.05, 0.1) is 24.2 Å². The monoisotopic (exact) mass is 656 g/mol. The minimum absolute atomic E-state index is 0.0238. The van der Waals surface area contributed by atoms with E-state index in [0.29, 0.717) is 17.6 Å². The summed E-state index contributed by atoms with van der Waals surface area (Å²) in [6.07, 6.45) is -3.63. The summed E-state index contributed by atoms with van der Waals surface area (Å²) in [7, 11) is -2.27. The molecule has 3 aliphatic carbocycles. The third kappa shape index (κ3) is 5.18. The number of aliphatic hydroxyl groups is 1. The fourth-order valence-corrected chi connectivity index (χ4v) is 9.85. The molecule has 4 aliphatic rings. The van der Waals surface area contributed by atoms with E-state index in [9.17, 15) is 19.5 Å². The number of rotatable bonds is 6. The maximum Gasteiger partial charge on any atom is 0.338 e. The first-order valence-corrected chi connectivity index (χ1v) is 19.5. The van der Waals surface area contributed by atoms with Crippen molar-refractivity contribution in [1.82, 2.24) is 0 Å². The van der Waals surface area contributed by atoms with E-state index in [0.717, 1.165) is 0 Å². The van der Waals surface area contributed by atoms with Gasteiger partial charge in [0, 0.05) is 31.1 Å². The molecule has 0 radical (unpaired) electrons. The molecule has 0 spiro atoms. The fourth-order valence-electron chi connectivity index (χ4n) is 8.74. The van der Waals surface area contributed by atoms with Crippen LogP contribution in [-0.4, -0.2) is 79.3 Å². The average Bonchev–Trinajstić information content (AvgIpc) is 2.94. The van der Waals surface area contributed by atoms with Crippen LogP contribution in [0.3, 0.4) is 0 Å². The highest BCUT2D eigenvalue weighted by Gasteiger charge is 2.77. The Morgan fingerprint density at radius 1 is 1.00 bits per heavy atom. The zero-order valence-corrected chi connectivity index (χ0v) is 29.6. The standard InChI is InChI=1S/C35H48O10Si/c1-19-16-25-34(18-41-25,44-22(4)37)28-30(43-31(39)23-14-12-11-13-15-23)35(40)17-24(45-46(8,9)10)20(2)26(32(35,5)6)27(42-21(3)36)29(38)33(19,28)7/h11-15,19,24-25,27-28,30,40H,16-18H2,1-10H3. The van der Waals surface area contributed by atoms with Gasteiger partial charge >= 0.3 is 17.9 Å². The van der Waals surface area contributed by atoms with Crippen molar-refractivity contribution in [2.75, 3.05) is 6.61 Å². The quantitative estimate of drug-likeness (QED) is 0.197. The van der Waals surface area contributed by atoms with Crippen LogP contribution in [0.5, 0.6) is 0 Å². The minimum Gasteiger partial charge on any atom is -0.455 e. The number of hydrogen-bond donors (Lipinski definition) is 1. The molecule has 10 nitrogen and oxygen atoms in total. The van der Waals surface area contributed by atoms with E-state index in [-0.39, 0.29) is 18.6 Å². The lowest BCUT2D eigenvalue weighted by Gasteiger charge is -2.68. The Balaban J connectivity index is 1.86. The molecule has 1 aliphatic heterocycles. The molecule has 1 aromatic rings. The van der Waals surface area contributed by atoms with Gasteiger partial charge in [-0.2, -0.15) is 0 Å². The zero-order chi connectivity index (χ0) is 34.2. The number of ketones is 1. The molecule has 46 heavy (non-hydrogen) atoms. The average molecular weight is 657 g/mol. The van der Waals surface area contributed by atoms with E-state index in [1.165, 1.54) is 13.8 Å². The molecular formula is C35H48O10Si. The Labute approximate surface area is 272 Å². The summed E-state index contributed by atoms with van der Waals surface area (Å²) >= 11 is 0. The second-order valence-electron chi connectivity index (χ2n) is 15.4. The van der Waals surface area contributed by atoms with Gasteiger partial charge in [-0.15, -0.1) is 0 Å². The molecule has 1 aromatic carbocycles. The highest BCUT2D eigenvalue weighted by Crippen LogP contribution is 2.65. The van der Waals surface area contributed by atoms with Gasteiger partial charge in [-0.25, -0.2) is 4.79 Å². The summed E-state index contributed by atoms with van der Waals surface area (Å²) in [6, 6.07) is 8.45. The number of carbonyl (C=O) groups is 4. The van der Waals surface area contributed by atoms with Crippen LogP contribution in [-0.2, 0) is 37.8 Å². The first kappa shape index (κ1) is 34.5. The molecule has 252 valence electrons. The SMILES string of the molecule is CC(=O)OC1C(=O)C2(C)C(C)CC3OCC3(OC(C)=O)C2C(OC(=O)c2ccccc2)C2(O)CC(O[Si](C)(C)C)C(C)=C1C2(C)C. The first-order valence-electron chi connectivity index (χ1n) is 16.1. The maximum absolute atomic E-state index is 15.3. The molecule has 2 bridgehead atoms. The van der Waals surface area contributed by atoms with Crippen LogP contribution in [0.25, 0.3) is 0 Å². The topological polar surface area (TPSA) is 135 Å². The third-order valence-corrected chi connectivity index (χ3v) is 12.1. The molecule has 0 amide bonds. The molecule has 9 unspecified atom stereocenters. The molecular weight excluding hydrogens is 608 g/mol. The summed E-state index contributed by atoms with van der Waals surface area (Å²) in [5, 5.41) is 13.4. The van der Waals surface area contributed by atoms with Crippen molar-refractivity contribution in [2.24, 2.45) is 22.7 Å². The van der Waals surface area contributed by atoms with Gasteiger partial charge in [-0.05, 0) is 62.2 Å². The summed E-state index contributed by atoms with van der Waals surface area (Å²) in [5.41, 5.74) is -4.57. The molecule has 1 N–H and O–H groups in total. The molecule has 1 heterocycles. The first-order chi connectivity index (χ1) is 21.2.